The minimum absolute atomic E-state index is 0.0662. The van der Waals surface area contributed by atoms with Crippen molar-refractivity contribution in [2.24, 2.45) is 5.73 Å². The monoisotopic (exact) mass is 449 g/mol. The lowest BCUT2D eigenvalue weighted by molar-refractivity contribution is -0.138. The molecule has 8 heteroatoms. The predicted molar refractivity (Wildman–Crippen MR) is 120 cm³/mol. The summed E-state index contributed by atoms with van der Waals surface area (Å²) in [5.41, 5.74) is 4.90. The van der Waals surface area contributed by atoms with E-state index in [2.05, 4.69) is 6.92 Å². The van der Waals surface area contributed by atoms with Crippen LogP contribution in [0.3, 0.4) is 0 Å². The summed E-state index contributed by atoms with van der Waals surface area (Å²) in [7, 11) is -4.34. The van der Waals surface area contributed by atoms with Crippen LogP contribution in [0.2, 0.25) is 0 Å². The number of aliphatic carboxylic acids is 1. The van der Waals surface area contributed by atoms with E-state index in [-0.39, 0.29) is 6.61 Å². The standard InChI is InChI=1S/C22H43NO6S/c1-2-3-4-5-6-7-8-9-10-11-12-13-14-15-16-17-18-29-30(27,28)20(22(25)26)19-21(23)24/h20H,2-19H2,1H3,(H2,23,24)(H,25,26). The zero-order valence-corrected chi connectivity index (χ0v) is 19.6. The molecule has 178 valence electrons. The second-order valence-electron chi connectivity index (χ2n) is 8.12. The van der Waals surface area contributed by atoms with Gasteiger partial charge in [-0.1, -0.05) is 103 Å². The Labute approximate surface area is 183 Å². The number of amides is 1. The minimum Gasteiger partial charge on any atom is -0.480 e. The smallest absolute Gasteiger partial charge is 0.324 e. The molecule has 0 aromatic carbocycles. The predicted octanol–water partition coefficient (Wildman–Crippen LogP) is 4.92. The summed E-state index contributed by atoms with van der Waals surface area (Å²) >= 11 is 0. The van der Waals surface area contributed by atoms with Gasteiger partial charge >= 0.3 is 5.97 Å². The van der Waals surface area contributed by atoms with Crippen molar-refractivity contribution in [1.29, 1.82) is 0 Å². The van der Waals surface area contributed by atoms with Gasteiger partial charge in [-0.3, -0.25) is 13.8 Å². The first-order valence-corrected chi connectivity index (χ1v) is 13.2. The maximum Gasteiger partial charge on any atom is 0.324 e. The lowest BCUT2D eigenvalue weighted by atomic mass is 10.0. The largest absolute Gasteiger partial charge is 0.480 e. The minimum atomic E-state index is -4.34. The molecule has 7 nitrogen and oxygen atoms in total. The van der Waals surface area contributed by atoms with Crippen molar-refractivity contribution in [1.82, 2.24) is 0 Å². The molecule has 1 atom stereocenters. The Bertz CT molecular complexity index is 550. The second-order valence-corrected chi connectivity index (χ2v) is 9.91. The molecule has 0 heterocycles. The molecule has 0 aliphatic carbocycles. The SMILES string of the molecule is CCCCCCCCCCCCCCCCCCOS(=O)(=O)C(CC(N)=O)C(=O)O. The first kappa shape index (κ1) is 28.9. The van der Waals surface area contributed by atoms with Crippen LogP contribution in [0.1, 0.15) is 116 Å². The van der Waals surface area contributed by atoms with Gasteiger partial charge in [-0.2, -0.15) is 8.42 Å². The van der Waals surface area contributed by atoms with Gasteiger partial charge in [0.25, 0.3) is 10.1 Å². The number of carboxylic acids is 1. The van der Waals surface area contributed by atoms with Crippen LogP contribution in [0.5, 0.6) is 0 Å². The molecule has 0 saturated heterocycles. The third kappa shape index (κ3) is 16.6. The number of carbonyl (C=O) groups is 2. The number of hydrogen-bond acceptors (Lipinski definition) is 5. The molecule has 0 radical (unpaired) electrons. The fourth-order valence-electron chi connectivity index (χ4n) is 3.40. The van der Waals surface area contributed by atoms with E-state index in [1.807, 2.05) is 0 Å². The van der Waals surface area contributed by atoms with Crippen molar-refractivity contribution in [2.45, 2.75) is 121 Å². The highest BCUT2D eigenvalue weighted by Crippen LogP contribution is 2.14. The fourth-order valence-corrected chi connectivity index (χ4v) is 4.53. The summed E-state index contributed by atoms with van der Waals surface area (Å²) in [5, 5.41) is 7.00. The average Bonchev–Trinajstić information content (AvgIpc) is 2.68. The van der Waals surface area contributed by atoms with Gasteiger partial charge in [-0.05, 0) is 6.42 Å². The highest BCUT2D eigenvalue weighted by molar-refractivity contribution is 7.88. The molecule has 0 rings (SSSR count). The molecular weight excluding hydrogens is 406 g/mol. The first-order chi connectivity index (χ1) is 14.3. The number of unbranched alkanes of at least 4 members (excludes halogenated alkanes) is 15. The third-order valence-electron chi connectivity index (χ3n) is 5.26. The summed E-state index contributed by atoms with van der Waals surface area (Å²) in [6.07, 6.45) is 18.7. The Morgan fingerprint density at radius 2 is 1.13 bits per heavy atom. The maximum atomic E-state index is 11.9. The van der Waals surface area contributed by atoms with E-state index in [0.717, 1.165) is 19.3 Å². The first-order valence-electron chi connectivity index (χ1n) is 11.7. The molecule has 0 saturated carbocycles. The van der Waals surface area contributed by atoms with Crippen LogP contribution in [0.15, 0.2) is 0 Å². The Morgan fingerprint density at radius 3 is 1.47 bits per heavy atom. The van der Waals surface area contributed by atoms with Crippen LogP contribution in [-0.2, 0) is 23.9 Å². The van der Waals surface area contributed by atoms with Crippen LogP contribution in [-0.4, -0.2) is 37.3 Å². The van der Waals surface area contributed by atoms with Gasteiger partial charge in [-0.25, -0.2) is 0 Å². The van der Waals surface area contributed by atoms with Crippen molar-refractivity contribution < 1.29 is 27.3 Å². The number of primary amides is 1. The lowest BCUT2D eigenvalue weighted by Crippen LogP contribution is -2.35. The van der Waals surface area contributed by atoms with Gasteiger partial charge in [0.15, 0.2) is 5.25 Å². The molecule has 3 N–H and O–H groups in total. The maximum absolute atomic E-state index is 11.9. The van der Waals surface area contributed by atoms with Crippen LogP contribution in [0.25, 0.3) is 0 Å². The Hall–Kier alpha value is -1.15. The van der Waals surface area contributed by atoms with Gasteiger partial charge in [0.05, 0.1) is 13.0 Å². The molecule has 0 bridgehead atoms. The van der Waals surface area contributed by atoms with Gasteiger partial charge in [-0.15, -0.1) is 0 Å². The normalized spacial score (nSPS) is 12.7. The van der Waals surface area contributed by atoms with E-state index in [0.29, 0.717) is 6.42 Å². The van der Waals surface area contributed by atoms with Crippen molar-refractivity contribution in [2.75, 3.05) is 6.61 Å². The van der Waals surface area contributed by atoms with E-state index >= 15 is 0 Å². The highest BCUT2D eigenvalue weighted by Gasteiger charge is 2.35. The molecule has 1 amide bonds. The Morgan fingerprint density at radius 1 is 0.767 bits per heavy atom. The summed E-state index contributed by atoms with van der Waals surface area (Å²) < 4.78 is 28.5. The molecule has 0 aromatic heterocycles. The Balaban J connectivity index is 3.53. The van der Waals surface area contributed by atoms with Gasteiger partial charge in [0, 0.05) is 0 Å². The average molecular weight is 450 g/mol. The van der Waals surface area contributed by atoms with Crippen LogP contribution in [0, 0.1) is 0 Å². The van der Waals surface area contributed by atoms with E-state index in [4.69, 9.17) is 15.0 Å². The molecule has 0 aliphatic rings. The van der Waals surface area contributed by atoms with E-state index in [1.54, 1.807) is 0 Å². The highest BCUT2D eigenvalue weighted by atomic mass is 32.2. The molecular formula is C22H43NO6S. The summed E-state index contributed by atoms with van der Waals surface area (Å²) in [6.45, 7) is 2.18. The molecule has 0 spiro atoms. The summed E-state index contributed by atoms with van der Waals surface area (Å²) in [4.78, 5) is 21.8. The molecule has 0 aliphatic heterocycles. The van der Waals surface area contributed by atoms with Crippen molar-refractivity contribution >= 4 is 22.0 Å². The lowest BCUT2D eigenvalue weighted by Gasteiger charge is -2.11. The summed E-state index contributed by atoms with van der Waals surface area (Å²) in [6, 6.07) is 0. The second kappa shape index (κ2) is 18.6. The van der Waals surface area contributed by atoms with Crippen molar-refractivity contribution in [3.05, 3.63) is 0 Å². The zero-order valence-electron chi connectivity index (χ0n) is 18.8. The topological polar surface area (TPSA) is 124 Å². The molecule has 0 aromatic rings. The number of hydrogen-bond donors (Lipinski definition) is 2. The Kier molecular flexibility index (Phi) is 17.9. The molecule has 0 fully saturated rings. The van der Waals surface area contributed by atoms with Gasteiger partial charge < -0.3 is 10.8 Å². The number of nitrogens with two attached hydrogens (primary N) is 1. The van der Waals surface area contributed by atoms with E-state index in [1.165, 1.54) is 77.0 Å². The van der Waals surface area contributed by atoms with E-state index < -0.39 is 33.7 Å². The van der Waals surface area contributed by atoms with Crippen LogP contribution >= 0.6 is 0 Å². The van der Waals surface area contributed by atoms with Crippen molar-refractivity contribution in [3.63, 3.8) is 0 Å². The van der Waals surface area contributed by atoms with Crippen LogP contribution < -0.4 is 5.73 Å². The number of rotatable bonds is 22. The number of carbonyl (C=O) groups excluding carboxylic acids is 1. The number of carboxylic acid groups (broad SMARTS) is 1. The van der Waals surface area contributed by atoms with Crippen LogP contribution in [0.4, 0.5) is 0 Å². The molecule has 30 heavy (non-hydrogen) atoms. The van der Waals surface area contributed by atoms with E-state index in [9.17, 15) is 18.0 Å². The summed E-state index contributed by atoms with van der Waals surface area (Å²) in [5.74, 6) is -2.61. The van der Waals surface area contributed by atoms with Gasteiger partial charge in [0.2, 0.25) is 5.91 Å². The van der Waals surface area contributed by atoms with Crippen molar-refractivity contribution in [3.8, 4) is 0 Å². The van der Waals surface area contributed by atoms with Gasteiger partial charge in [0.1, 0.15) is 0 Å². The fraction of sp³-hybridized carbons (Fsp3) is 0.909. The third-order valence-corrected chi connectivity index (χ3v) is 6.82. The zero-order chi connectivity index (χ0) is 22.7. The molecule has 1 unspecified atom stereocenters. The quantitative estimate of drug-likeness (QED) is 0.178.